The second kappa shape index (κ2) is 5.31. The number of hydrogen-bond donors (Lipinski definition) is 1. The summed E-state index contributed by atoms with van der Waals surface area (Å²) >= 11 is 0. The molecule has 0 saturated carbocycles. The number of hydrogen-bond acceptors (Lipinski definition) is 2. The molecule has 0 amide bonds. The molecule has 0 bridgehead atoms. The highest BCUT2D eigenvalue weighted by atomic mass is 19.4. The zero-order valence-corrected chi connectivity index (χ0v) is 9.24. The van der Waals surface area contributed by atoms with Crippen LogP contribution in [-0.2, 0) is 4.79 Å². The molecule has 0 aliphatic heterocycles. The van der Waals surface area contributed by atoms with Gasteiger partial charge in [-0.2, -0.15) is 13.2 Å². The van der Waals surface area contributed by atoms with Crippen molar-refractivity contribution in [3.05, 3.63) is 35.9 Å². The summed E-state index contributed by atoms with van der Waals surface area (Å²) in [5, 5.41) is 8.81. The Hall–Kier alpha value is -1.36. The number of benzene rings is 1. The van der Waals surface area contributed by atoms with Crippen LogP contribution < -0.4 is 0 Å². The lowest BCUT2D eigenvalue weighted by atomic mass is 9.93. The van der Waals surface area contributed by atoms with E-state index in [1.807, 2.05) is 0 Å². The van der Waals surface area contributed by atoms with Crippen molar-refractivity contribution in [1.82, 2.24) is 0 Å². The minimum Gasteiger partial charge on any atom is -0.383 e. The van der Waals surface area contributed by atoms with Crippen LogP contribution in [0.3, 0.4) is 0 Å². The van der Waals surface area contributed by atoms with Gasteiger partial charge in [0, 0.05) is 12.3 Å². The Morgan fingerprint density at radius 1 is 1.29 bits per heavy atom. The number of halogens is 3. The maximum atomic E-state index is 12.1. The number of carbonyl (C=O) groups is 1. The Bertz CT molecular complexity index is 373. The van der Waals surface area contributed by atoms with Crippen molar-refractivity contribution >= 4 is 5.78 Å². The van der Waals surface area contributed by atoms with Crippen molar-refractivity contribution in [3.63, 3.8) is 0 Å². The number of alkyl halides is 3. The largest absolute Gasteiger partial charge is 0.414 e. The summed E-state index contributed by atoms with van der Waals surface area (Å²) in [5.41, 5.74) is 0.645. The number of ketones is 1. The van der Waals surface area contributed by atoms with Crippen LogP contribution in [0.5, 0.6) is 0 Å². The van der Waals surface area contributed by atoms with Crippen LogP contribution in [0, 0.1) is 0 Å². The highest BCUT2D eigenvalue weighted by Gasteiger charge is 2.40. The minimum atomic E-state index is -4.74. The summed E-state index contributed by atoms with van der Waals surface area (Å²) in [5.74, 6) is -1.27. The van der Waals surface area contributed by atoms with E-state index in [0.717, 1.165) is 0 Å². The molecule has 0 radical (unpaired) electrons. The summed E-state index contributed by atoms with van der Waals surface area (Å²) in [7, 11) is 0. The molecule has 0 aliphatic rings. The minimum absolute atomic E-state index is 0.624. The molecular weight excluding hydrogens is 233 g/mol. The lowest BCUT2D eigenvalue weighted by molar-refractivity contribution is -0.205. The van der Waals surface area contributed by atoms with Crippen LogP contribution in [0.25, 0.3) is 0 Å². The number of rotatable bonds is 4. The Labute approximate surface area is 97.1 Å². The predicted molar refractivity (Wildman–Crippen MR) is 56.5 cm³/mol. The molecule has 0 heterocycles. The molecule has 0 spiro atoms. The van der Waals surface area contributed by atoms with Gasteiger partial charge in [0.1, 0.15) is 5.78 Å². The molecule has 1 rings (SSSR count). The van der Waals surface area contributed by atoms with E-state index in [-0.39, 0.29) is 0 Å². The monoisotopic (exact) mass is 246 g/mol. The van der Waals surface area contributed by atoms with E-state index in [4.69, 9.17) is 5.11 Å². The highest BCUT2D eigenvalue weighted by molar-refractivity contribution is 5.85. The molecule has 5 heteroatoms. The highest BCUT2D eigenvalue weighted by Crippen LogP contribution is 2.25. The molecule has 0 saturated heterocycles. The quantitative estimate of drug-likeness (QED) is 0.886. The fraction of sp³-hybridized carbons (Fsp3) is 0.417. The smallest absolute Gasteiger partial charge is 0.383 e. The van der Waals surface area contributed by atoms with Crippen LogP contribution in [0.4, 0.5) is 13.2 Å². The number of aliphatic hydroxyl groups excluding tert-OH is 1. The SMILES string of the molecule is CC(C(=O)CC(O)C(F)(F)F)c1ccccc1. The second-order valence-corrected chi connectivity index (χ2v) is 3.86. The van der Waals surface area contributed by atoms with Gasteiger partial charge in [-0.05, 0) is 5.56 Å². The van der Waals surface area contributed by atoms with Crippen LogP contribution in [0.1, 0.15) is 24.8 Å². The zero-order valence-electron chi connectivity index (χ0n) is 9.24. The molecule has 2 unspecified atom stereocenters. The van der Waals surface area contributed by atoms with Gasteiger partial charge in [0.25, 0.3) is 0 Å². The van der Waals surface area contributed by atoms with Gasteiger partial charge in [-0.3, -0.25) is 4.79 Å². The standard InChI is InChI=1S/C12H13F3O2/c1-8(9-5-3-2-4-6-9)10(16)7-11(17)12(13,14)15/h2-6,8,11,17H,7H2,1H3. The van der Waals surface area contributed by atoms with Gasteiger partial charge in [0.15, 0.2) is 6.10 Å². The first-order valence-electron chi connectivity index (χ1n) is 5.15. The van der Waals surface area contributed by atoms with Crippen LogP contribution in [0.2, 0.25) is 0 Å². The molecular formula is C12H13F3O2. The molecule has 0 fully saturated rings. The third-order valence-corrected chi connectivity index (χ3v) is 2.55. The van der Waals surface area contributed by atoms with Gasteiger partial charge in [-0.1, -0.05) is 37.3 Å². The van der Waals surface area contributed by atoms with Gasteiger partial charge in [0.05, 0.1) is 0 Å². The number of aliphatic hydroxyl groups is 1. The van der Waals surface area contributed by atoms with Crippen molar-refractivity contribution < 1.29 is 23.1 Å². The number of Topliss-reactive ketones (excluding diaryl/α,β-unsaturated/α-hetero) is 1. The normalized spacial score (nSPS) is 15.4. The summed E-state index contributed by atoms with van der Waals surface area (Å²) in [6.07, 6.45) is -8.23. The van der Waals surface area contributed by atoms with E-state index in [1.165, 1.54) is 6.92 Å². The second-order valence-electron chi connectivity index (χ2n) is 3.86. The van der Waals surface area contributed by atoms with Gasteiger partial charge in [0.2, 0.25) is 0 Å². The molecule has 2 nitrogen and oxygen atoms in total. The van der Waals surface area contributed by atoms with Gasteiger partial charge in [-0.15, -0.1) is 0 Å². The van der Waals surface area contributed by atoms with Crippen molar-refractivity contribution in [2.75, 3.05) is 0 Å². The van der Waals surface area contributed by atoms with E-state index in [9.17, 15) is 18.0 Å². The first-order valence-corrected chi connectivity index (χ1v) is 5.15. The average Bonchev–Trinajstić information content (AvgIpc) is 2.27. The lowest BCUT2D eigenvalue weighted by Crippen LogP contribution is -2.32. The average molecular weight is 246 g/mol. The fourth-order valence-corrected chi connectivity index (χ4v) is 1.41. The van der Waals surface area contributed by atoms with Crippen LogP contribution in [-0.4, -0.2) is 23.2 Å². The summed E-state index contributed by atoms with van der Waals surface area (Å²) in [4.78, 5) is 11.5. The van der Waals surface area contributed by atoms with Crippen molar-refractivity contribution in [1.29, 1.82) is 0 Å². The molecule has 2 atom stereocenters. The van der Waals surface area contributed by atoms with Crippen LogP contribution >= 0.6 is 0 Å². The van der Waals surface area contributed by atoms with E-state index in [1.54, 1.807) is 30.3 Å². The zero-order chi connectivity index (χ0) is 13.1. The molecule has 94 valence electrons. The Balaban J connectivity index is 2.66. The van der Waals surface area contributed by atoms with Gasteiger partial charge in [-0.25, -0.2) is 0 Å². The summed E-state index contributed by atoms with van der Waals surface area (Å²) in [6, 6.07) is 8.51. The number of carbonyl (C=O) groups excluding carboxylic acids is 1. The Morgan fingerprint density at radius 3 is 2.29 bits per heavy atom. The van der Waals surface area contributed by atoms with Crippen molar-refractivity contribution in [3.8, 4) is 0 Å². The first-order chi connectivity index (χ1) is 7.82. The van der Waals surface area contributed by atoms with E-state index >= 15 is 0 Å². The van der Waals surface area contributed by atoms with Crippen molar-refractivity contribution in [2.45, 2.75) is 31.5 Å². The Kier molecular flexibility index (Phi) is 4.28. The maximum absolute atomic E-state index is 12.1. The molecule has 1 aromatic rings. The third kappa shape index (κ3) is 3.85. The Morgan fingerprint density at radius 2 is 1.82 bits per heavy atom. The van der Waals surface area contributed by atoms with Crippen molar-refractivity contribution in [2.24, 2.45) is 0 Å². The maximum Gasteiger partial charge on any atom is 0.414 e. The van der Waals surface area contributed by atoms with E-state index in [2.05, 4.69) is 0 Å². The van der Waals surface area contributed by atoms with Gasteiger partial charge < -0.3 is 5.11 Å². The predicted octanol–water partition coefficient (Wildman–Crippen LogP) is 2.67. The topological polar surface area (TPSA) is 37.3 Å². The third-order valence-electron chi connectivity index (χ3n) is 2.55. The van der Waals surface area contributed by atoms with Gasteiger partial charge >= 0.3 is 6.18 Å². The molecule has 1 N–H and O–H groups in total. The summed E-state index contributed by atoms with van der Waals surface area (Å²) < 4.78 is 36.2. The molecule has 0 aromatic heterocycles. The first kappa shape index (κ1) is 13.7. The molecule has 17 heavy (non-hydrogen) atoms. The fourth-order valence-electron chi connectivity index (χ4n) is 1.41. The lowest BCUT2D eigenvalue weighted by Gasteiger charge is -2.16. The summed E-state index contributed by atoms with van der Waals surface area (Å²) in [6.45, 7) is 1.53. The molecule has 1 aromatic carbocycles. The van der Waals surface area contributed by atoms with Crippen LogP contribution in [0.15, 0.2) is 30.3 Å². The molecule has 0 aliphatic carbocycles. The van der Waals surface area contributed by atoms with E-state index < -0.39 is 30.4 Å². The van der Waals surface area contributed by atoms with E-state index in [0.29, 0.717) is 5.56 Å².